The number of hydrogen-bond donors (Lipinski definition) is 0. The summed E-state index contributed by atoms with van der Waals surface area (Å²) in [7, 11) is 0. The number of esters is 1. The molecule has 1 atom stereocenters. The molecule has 6 heteroatoms. The summed E-state index contributed by atoms with van der Waals surface area (Å²) >= 11 is 0. The van der Waals surface area contributed by atoms with Gasteiger partial charge in [-0.3, -0.25) is 10.1 Å². The molecular weight excluding hydrogens is 260 g/mol. The number of hydrogen-bond acceptors (Lipinski definition) is 5. The molecule has 1 rings (SSSR count). The van der Waals surface area contributed by atoms with Gasteiger partial charge in [0, 0.05) is 11.6 Å². The Labute approximate surface area is 117 Å². The molecule has 0 saturated carbocycles. The molecule has 0 spiro atoms. The van der Waals surface area contributed by atoms with Gasteiger partial charge in [0.2, 0.25) is 0 Å². The van der Waals surface area contributed by atoms with Gasteiger partial charge in [-0.2, -0.15) is 5.26 Å². The summed E-state index contributed by atoms with van der Waals surface area (Å²) in [6.45, 7) is 6.98. The van der Waals surface area contributed by atoms with E-state index in [0.29, 0.717) is 5.56 Å². The highest BCUT2D eigenvalue weighted by Gasteiger charge is 2.26. The Kier molecular flexibility index (Phi) is 4.45. The number of carbonyl (C=O) groups excluding carboxylic acids is 1. The van der Waals surface area contributed by atoms with Crippen LogP contribution in [-0.2, 0) is 10.2 Å². The molecule has 0 heterocycles. The Bertz CT molecular complexity index is 582. The molecule has 1 aromatic carbocycles. The lowest BCUT2D eigenvalue weighted by Crippen LogP contribution is -2.16. The van der Waals surface area contributed by atoms with Crippen LogP contribution in [0.25, 0.3) is 0 Å². The highest BCUT2D eigenvalue weighted by atomic mass is 16.6. The largest absolute Gasteiger partial charge is 0.444 e. The maximum atomic E-state index is 11.8. The van der Waals surface area contributed by atoms with E-state index in [-0.39, 0.29) is 11.3 Å². The average Bonchev–Trinajstić information content (AvgIpc) is 2.36. The van der Waals surface area contributed by atoms with Gasteiger partial charge in [0.1, 0.15) is 6.07 Å². The SMILES string of the molecule is CC(C#N)OC(=O)c1ccc(C(C)(C)C)c([N+](=O)[O-])c1. The Morgan fingerprint density at radius 2 is 2.05 bits per heavy atom. The molecule has 0 fully saturated rings. The molecule has 1 unspecified atom stereocenters. The second-order valence-corrected chi connectivity index (χ2v) is 5.42. The van der Waals surface area contributed by atoms with E-state index in [1.165, 1.54) is 19.1 Å². The molecule has 106 valence electrons. The highest BCUT2D eigenvalue weighted by molar-refractivity contribution is 5.90. The number of nitro benzene ring substituents is 1. The molecule has 0 aliphatic rings. The van der Waals surface area contributed by atoms with Crippen LogP contribution in [0.2, 0.25) is 0 Å². The minimum absolute atomic E-state index is 0.0619. The van der Waals surface area contributed by atoms with Crippen molar-refractivity contribution >= 4 is 11.7 Å². The molecule has 0 bridgehead atoms. The minimum atomic E-state index is -0.899. The van der Waals surface area contributed by atoms with Crippen LogP contribution in [0.15, 0.2) is 18.2 Å². The van der Waals surface area contributed by atoms with Crippen molar-refractivity contribution in [1.82, 2.24) is 0 Å². The zero-order chi connectivity index (χ0) is 15.5. The summed E-state index contributed by atoms with van der Waals surface area (Å²) in [5, 5.41) is 19.7. The molecule has 0 aliphatic carbocycles. The lowest BCUT2D eigenvalue weighted by atomic mass is 9.85. The number of carbonyl (C=O) groups is 1. The van der Waals surface area contributed by atoms with E-state index >= 15 is 0 Å². The van der Waals surface area contributed by atoms with E-state index in [0.717, 1.165) is 0 Å². The molecular formula is C14H16N2O4. The fourth-order valence-corrected chi connectivity index (χ4v) is 1.70. The summed E-state index contributed by atoms with van der Waals surface area (Å²) in [6.07, 6.45) is -0.899. The third kappa shape index (κ3) is 3.54. The summed E-state index contributed by atoms with van der Waals surface area (Å²) < 4.78 is 4.82. The Morgan fingerprint density at radius 1 is 1.45 bits per heavy atom. The zero-order valence-electron chi connectivity index (χ0n) is 11.8. The normalized spacial score (nSPS) is 12.3. The molecule has 6 nitrogen and oxygen atoms in total. The lowest BCUT2D eigenvalue weighted by Gasteiger charge is -2.19. The standard InChI is InChI=1S/C14H16N2O4/c1-9(8-15)20-13(17)10-5-6-11(14(2,3)4)12(7-10)16(18)19/h5-7,9H,1-4H3. The van der Waals surface area contributed by atoms with Crippen molar-refractivity contribution in [2.45, 2.75) is 39.2 Å². The molecule has 20 heavy (non-hydrogen) atoms. The van der Waals surface area contributed by atoms with Crippen molar-refractivity contribution in [3.05, 3.63) is 39.4 Å². The second-order valence-electron chi connectivity index (χ2n) is 5.42. The number of ether oxygens (including phenoxy) is 1. The monoisotopic (exact) mass is 276 g/mol. The quantitative estimate of drug-likeness (QED) is 0.480. The molecule has 0 N–H and O–H groups in total. The van der Waals surface area contributed by atoms with Crippen LogP contribution in [-0.4, -0.2) is 17.0 Å². The number of nitriles is 1. The average molecular weight is 276 g/mol. The van der Waals surface area contributed by atoms with Gasteiger partial charge in [0.25, 0.3) is 5.69 Å². The molecule has 0 amide bonds. The third-order valence-corrected chi connectivity index (χ3v) is 2.70. The van der Waals surface area contributed by atoms with Gasteiger partial charge in [0.15, 0.2) is 6.10 Å². The van der Waals surface area contributed by atoms with Crippen LogP contribution in [0.3, 0.4) is 0 Å². The molecule has 0 aliphatic heterocycles. The van der Waals surface area contributed by atoms with E-state index in [2.05, 4.69) is 0 Å². The van der Waals surface area contributed by atoms with Gasteiger partial charge in [-0.1, -0.05) is 26.8 Å². The van der Waals surface area contributed by atoms with Crippen LogP contribution in [0.4, 0.5) is 5.69 Å². The molecule has 1 aromatic rings. The van der Waals surface area contributed by atoms with Crippen LogP contribution in [0, 0.1) is 21.4 Å². The predicted octanol–water partition coefficient (Wildman–Crippen LogP) is 2.96. The fraction of sp³-hybridized carbons (Fsp3) is 0.429. The van der Waals surface area contributed by atoms with Gasteiger partial charge in [-0.15, -0.1) is 0 Å². The van der Waals surface area contributed by atoms with Gasteiger partial charge in [-0.05, 0) is 18.4 Å². The topological polar surface area (TPSA) is 93.2 Å². The van der Waals surface area contributed by atoms with E-state index in [4.69, 9.17) is 10.00 Å². The summed E-state index contributed by atoms with van der Waals surface area (Å²) in [5.41, 5.74) is 0.0564. The first kappa shape index (κ1) is 15.6. The zero-order valence-corrected chi connectivity index (χ0v) is 11.8. The van der Waals surface area contributed by atoms with E-state index in [9.17, 15) is 14.9 Å². The maximum absolute atomic E-state index is 11.8. The summed E-state index contributed by atoms with van der Waals surface area (Å²) in [6, 6.07) is 5.97. The van der Waals surface area contributed by atoms with E-state index in [1.807, 2.05) is 20.8 Å². The number of nitrogens with zero attached hydrogens (tertiary/aromatic N) is 2. The molecule has 0 saturated heterocycles. The van der Waals surface area contributed by atoms with Crippen molar-refractivity contribution in [2.75, 3.05) is 0 Å². The fourth-order valence-electron chi connectivity index (χ4n) is 1.70. The van der Waals surface area contributed by atoms with Crippen molar-refractivity contribution in [3.8, 4) is 6.07 Å². The van der Waals surface area contributed by atoms with Crippen LogP contribution < -0.4 is 0 Å². The number of nitro groups is 1. The number of rotatable bonds is 3. The maximum Gasteiger partial charge on any atom is 0.339 e. The Morgan fingerprint density at radius 3 is 2.50 bits per heavy atom. The van der Waals surface area contributed by atoms with Crippen molar-refractivity contribution in [1.29, 1.82) is 5.26 Å². The van der Waals surface area contributed by atoms with E-state index < -0.39 is 22.4 Å². The lowest BCUT2D eigenvalue weighted by molar-refractivity contribution is -0.386. The minimum Gasteiger partial charge on any atom is -0.444 e. The predicted molar refractivity (Wildman–Crippen MR) is 72.3 cm³/mol. The van der Waals surface area contributed by atoms with Gasteiger partial charge in [0.05, 0.1) is 10.5 Å². The summed E-state index contributed by atoms with van der Waals surface area (Å²) in [5.74, 6) is -0.748. The van der Waals surface area contributed by atoms with Crippen molar-refractivity contribution in [2.24, 2.45) is 0 Å². The second kappa shape index (κ2) is 5.70. The van der Waals surface area contributed by atoms with Gasteiger partial charge < -0.3 is 4.74 Å². The van der Waals surface area contributed by atoms with Gasteiger partial charge in [-0.25, -0.2) is 4.79 Å². The van der Waals surface area contributed by atoms with Crippen LogP contribution >= 0.6 is 0 Å². The van der Waals surface area contributed by atoms with E-state index in [1.54, 1.807) is 12.1 Å². The van der Waals surface area contributed by atoms with Crippen molar-refractivity contribution in [3.63, 3.8) is 0 Å². The van der Waals surface area contributed by atoms with Crippen LogP contribution in [0.1, 0.15) is 43.6 Å². The molecule has 0 aromatic heterocycles. The van der Waals surface area contributed by atoms with Gasteiger partial charge >= 0.3 is 5.97 Å². The first-order valence-corrected chi connectivity index (χ1v) is 6.06. The van der Waals surface area contributed by atoms with Crippen molar-refractivity contribution < 1.29 is 14.5 Å². The highest BCUT2D eigenvalue weighted by Crippen LogP contribution is 2.32. The summed E-state index contributed by atoms with van der Waals surface area (Å²) in [4.78, 5) is 22.4. The van der Waals surface area contributed by atoms with Crippen LogP contribution in [0.5, 0.6) is 0 Å². The Hall–Kier alpha value is -2.42. The number of benzene rings is 1. The first-order valence-electron chi connectivity index (χ1n) is 6.06. The first-order chi connectivity index (χ1) is 9.16. The smallest absolute Gasteiger partial charge is 0.339 e. The third-order valence-electron chi connectivity index (χ3n) is 2.70. The molecule has 0 radical (unpaired) electrons. The Balaban J connectivity index is 3.22.